The maximum atomic E-state index is 13.6. The molecule has 0 spiro atoms. The first kappa shape index (κ1) is 13.7. The van der Waals surface area contributed by atoms with Gasteiger partial charge in [-0.2, -0.15) is 5.10 Å². The Balaban J connectivity index is 2.25. The van der Waals surface area contributed by atoms with Gasteiger partial charge >= 0.3 is 0 Å². The van der Waals surface area contributed by atoms with E-state index < -0.39 is 17.7 Å². The highest BCUT2D eigenvalue weighted by atomic mass is 19.2. The van der Waals surface area contributed by atoms with Gasteiger partial charge < -0.3 is 5.73 Å². The smallest absolute Gasteiger partial charge is 0.162 e. The molecule has 1 aromatic heterocycles. The highest BCUT2D eigenvalue weighted by Gasteiger charge is 2.16. The summed E-state index contributed by atoms with van der Waals surface area (Å²) in [5.41, 5.74) is 8.08. The lowest BCUT2D eigenvalue weighted by atomic mass is 10.0. The first-order valence-corrected chi connectivity index (χ1v) is 6.25. The normalized spacial score (nSPS) is 12.7. The van der Waals surface area contributed by atoms with Crippen molar-refractivity contribution in [1.29, 1.82) is 0 Å². The maximum Gasteiger partial charge on any atom is 0.162 e. The molecule has 2 N–H and O–H groups in total. The molecule has 5 heteroatoms. The minimum absolute atomic E-state index is 0.245. The third kappa shape index (κ3) is 2.81. The van der Waals surface area contributed by atoms with Crippen molar-refractivity contribution in [3.63, 3.8) is 0 Å². The third-order valence-corrected chi connectivity index (χ3v) is 3.08. The summed E-state index contributed by atoms with van der Waals surface area (Å²) in [6, 6.07) is 5.62. The average molecular weight is 265 g/mol. The highest BCUT2D eigenvalue weighted by molar-refractivity contribution is 5.23. The zero-order chi connectivity index (χ0) is 14.0. The van der Waals surface area contributed by atoms with E-state index in [2.05, 4.69) is 5.10 Å². The summed E-state index contributed by atoms with van der Waals surface area (Å²) in [7, 11) is 0. The van der Waals surface area contributed by atoms with Gasteiger partial charge in [-0.05, 0) is 38.0 Å². The van der Waals surface area contributed by atoms with Crippen LogP contribution in [0, 0.1) is 18.6 Å². The summed E-state index contributed by atoms with van der Waals surface area (Å²) < 4.78 is 28.5. The summed E-state index contributed by atoms with van der Waals surface area (Å²) in [6.45, 7) is 4.54. The molecule has 1 heterocycles. The Morgan fingerprint density at radius 2 is 2.11 bits per heavy atom. The van der Waals surface area contributed by atoms with Gasteiger partial charge in [-0.25, -0.2) is 8.78 Å². The SMILES string of the molecule is CCn1nc(C)cc1C(N)Cc1cccc(F)c1F. The average Bonchev–Trinajstić information content (AvgIpc) is 2.76. The molecular formula is C14H17F2N3. The van der Waals surface area contributed by atoms with E-state index >= 15 is 0 Å². The van der Waals surface area contributed by atoms with E-state index in [4.69, 9.17) is 5.73 Å². The number of benzene rings is 1. The van der Waals surface area contributed by atoms with Crippen molar-refractivity contribution in [2.45, 2.75) is 32.9 Å². The molecule has 2 rings (SSSR count). The van der Waals surface area contributed by atoms with Crippen LogP contribution < -0.4 is 5.73 Å². The van der Waals surface area contributed by atoms with Crippen LogP contribution in [0.15, 0.2) is 24.3 Å². The second-order valence-corrected chi connectivity index (χ2v) is 4.55. The van der Waals surface area contributed by atoms with Gasteiger partial charge in [-0.3, -0.25) is 4.68 Å². The quantitative estimate of drug-likeness (QED) is 0.923. The fourth-order valence-electron chi connectivity index (χ4n) is 2.16. The number of aromatic nitrogens is 2. The number of halogens is 2. The number of hydrogen-bond acceptors (Lipinski definition) is 2. The molecule has 0 aliphatic heterocycles. The van der Waals surface area contributed by atoms with E-state index in [1.165, 1.54) is 6.07 Å². The maximum absolute atomic E-state index is 13.6. The van der Waals surface area contributed by atoms with Gasteiger partial charge in [0.2, 0.25) is 0 Å². The number of aryl methyl sites for hydroxylation is 2. The van der Waals surface area contributed by atoms with E-state index in [-0.39, 0.29) is 12.0 Å². The Labute approximate surface area is 111 Å². The largest absolute Gasteiger partial charge is 0.322 e. The van der Waals surface area contributed by atoms with E-state index in [1.807, 2.05) is 19.9 Å². The van der Waals surface area contributed by atoms with Gasteiger partial charge in [0.1, 0.15) is 0 Å². The van der Waals surface area contributed by atoms with E-state index in [0.717, 1.165) is 17.5 Å². The van der Waals surface area contributed by atoms with Crippen LogP contribution in [0.4, 0.5) is 8.78 Å². The molecule has 0 saturated carbocycles. The van der Waals surface area contributed by atoms with Gasteiger partial charge in [0.05, 0.1) is 17.4 Å². The number of nitrogens with two attached hydrogens (primary N) is 1. The third-order valence-electron chi connectivity index (χ3n) is 3.08. The van der Waals surface area contributed by atoms with Gasteiger partial charge in [-0.15, -0.1) is 0 Å². The Kier molecular flexibility index (Phi) is 3.95. The predicted molar refractivity (Wildman–Crippen MR) is 69.6 cm³/mol. The molecule has 2 aromatic rings. The van der Waals surface area contributed by atoms with Crippen LogP contribution in [0.2, 0.25) is 0 Å². The van der Waals surface area contributed by atoms with Crippen LogP contribution in [0.1, 0.15) is 29.9 Å². The molecule has 0 aliphatic carbocycles. The molecule has 1 aromatic carbocycles. The van der Waals surface area contributed by atoms with Crippen LogP contribution in [0.5, 0.6) is 0 Å². The minimum Gasteiger partial charge on any atom is -0.322 e. The molecule has 0 bridgehead atoms. The fourth-order valence-corrected chi connectivity index (χ4v) is 2.16. The summed E-state index contributed by atoms with van der Waals surface area (Å²) in [5, 5.41) is 4.30. The molecule has 0 amide bonds. The minimum atomic E-state index is -0.843. The summed E-state index contributed by atoms with van der Waals surface area (Å²) in [4.78, 5) is 0. The predicted octanol–water partition coefficient (Wildman–Crippen LogP) is 2.73. The number of hydrogen-bond donors (Lipinski definition) is 1. The lowest BCUT2D eigenvalue weighted by Gasteiger charge is -2.14. The lowest BCUT2D eigenvalue weighted by molar-refractivity contribution is 0.489. The fraction of sp³-hybridized carbons (Fsp3) is 0.357. The highest BCUT2D eigenvalue weighted by Crippen LogP contribution is 2.20. The van der Waals surface area contributed by atoms with Crippen molar-refractivity contribution >= 4 is 0 Å². The first-order chi connectivity index (χ1) is 9.02. The van der Waals surface area contributed by atoms with Gasteiger partial charge in [-0.1, -0.05) is 12.1 Å². The van der Waals surface area contributed by atoms with Crippen LogP contribution >= 0.6 is 0 Å². The van der Waals surface area contributed by atoms with Crippen LogP contribution in [-0.2, 0) is 13.0 Å². The number of rotatable bonds is 4. The zero-order valence-electron chi connectivity index (χ0n) is 11.0. The van der Waals surface area contributed by atoms with Crippen molar-refractivity contribution in [1.82, 2.24) is 9.78 Å². The molecule has 0 aliphatic rings. The molecule has 0 fully saturated rings. The molecule has 3 nitrogen and oxygen atoms in total. The van der Waals surface area contributed by atoms with Crippen molar-refractivity contribution in [2.24, 2.45) is 5.73 Å². The van der Waals surface area contributed by atoms with Crippen LogP contribution in [-0.4, -0.2) is 9.78 Å². The molecule has 0 saturated heterocycles. The monoisotopic (exact) mass is 265 g/mol. The zero-order valence-corrected chi connectivity index (χ0v) is 11.0. The Hall–Kier alpha value is -1.75. The first-order valence-electron chi connectivity index (χ1n) is 6.25. The number of nitrogens with zero attached hydrogens (tertiary/aromatic N) is 2. The van der Waals surface area contributed by atoms with Gasteiger partial charge in [0.25, 0.3) is 0 Å². The van der Waals surface area contributed by atoms with Gasteiger partial charge in [0.15, 0.2) is 11.6 Å². The molecule has 19 heavy (non-hydrogen) atoms. The van der Waals surface area contributed by atoms with Crippen molar-refractivity contribution in [3.05, 3.63) is 52.9 Å². The van der Waals surface area contributed by atoms with Crippen molar-refractivity contribution < 1.29 is 8.78 Å². The molecular weight excluding hydrogens is 248 g/mol. The Morgan fingerprint density at radius 3 is 2.79 bits per heavy atom. The van der Waals surface area contributed by atoms with Crippen LogP contribution in [0.25, 0.3) is 0 Å². The summed E-state index contributed by atoms with van der Waals surface area (Å²) >= 11 is 0. The lowest BCUT2D eigenvalue weighted by Crippen LogP contribution is -2.19. The molecule has 1 atom stereocenters. The summed E-state index contributed by atoms with van der Waals surface area (Å²) in [5.74, 6) is -1.66. The second-order valence-electron chi connectivity index (χ2n) is 4.55. The van der Waals surface area contributed by atoms with E-state index in [9.17, 15) is 8.78 Å². The topological polar surface area (TPSA) is 43.8 Å². The van der Waals surface area contributed by atoms with E-state index in [1.54, 1.807) is 10.7 Å². The standard InChI is InChI=1S/C14H17F2N3/c1-3-19-13(7-9(2)18-19)12(17)8-10-5-4-6-11(15)14(10)16/h4-7,12H,3,8,17H2,1-2H3. The molecule has 1 unspecified atom stereocenters. The van der Waals surface area contributed by atoms with Crippen LogP contribution in [0.3, 0.4) is 0 Å². The summed E-state index contributed by atoms with van der Waals surface area (Å²) in [6.07, 6.45) is 0.245. The molecule has 0 radical (unpaired) electrons. The Bertz CT molecular complexity index is 578. The van der Waals surface area contributed by atoms with Crippen molar-refractivity contribution in [2.75, 3.05) is 0 Å². The van der Waals surface area contributed by atoms with E-state index in [0.29, 0.717) is 6.54 Å². The second kappa shape index (κ2) is 5.48. The molecule has 102 valence electrons. The van der Waals surface area contributed by atoms with Gasteiger partial charge in [0, 0.05) is 6.54 Å². The Morgan fingerprint density at radius 1 is 1.37 bits per heavy atom. The van der Waals surface area contributed by atoms with Crippen molar-refractivity contribution in [3.8, 4) is 0 Å².